The molecule has 5 heteroatoms. The number of hydrogen-bond acceptors (Lipinski definition) is 4. The van der Waals surface area contributed by atoms with E-state index in [0.717, 1.165) is 66.0 Å². The Bertz CT molecular complexity index is 2800. The van der Waals surface area contributed by atoms with Gasteiger partial charge in [0.1, 0.15) is 11.2 Å². The van der Waals surface area contributed by atoms with Crippen molar-refractivity contribution in [3.63, 3.8) is 0 Å². The van der Waals surface area contributed by atoms with Crippen molar-refractivity contribution >= 4 is 43.7 Å². The Morgan fingerprint density at radius 1 is 0.380 bits per heavy atom. The minimum absolute atomic E-state index is 0.572. The molecule has 234 valence electrons. The molecule has 0 aliphatic heterocycles. The Labute approximate surface area is 287 Å². The lowest BCUT2D eigenvalue weighted by atomic mass is 9.96. The lowest BCUT2D eigenvalue weighted by molar-refractivity contribution is 0.669. The Hall–Kier alpha value is -6.85. The maximum Gasteiger partial charge on any atom is 0.238 e. The lowest BCUT2D eigenvalue weighted by Crippen LogP contribution is -2.06. The second kappa shape index (κ2) is 11.4. The highest BCUT2D eigenvalue weighted by atomic mass is 16.3. The third-order valence-corrected chi connectivity index (χ3v) is 9.49. The molecular weight excluding hydrogens is 613 g/mol. The van der Waals surface area contributed by atoms with Gasteiger partial charge >= 0.3 is 0 Å². The Morgan fingerprint density at radius 3 is 1.64 bits per heavy atom. The first-order valence-corrected chi connectivity index (χ1v) is 16.7. The fourth-order valence-corrected chi connectivity index (χ4v) is 7.13. The second-order valence-corrected chi connectivity index (χ2v) is 12.5. The monoisotopic (exact) mass is 640 g/mol. The van der Waals surface area contributed by atoms with Crippen LogP contribution in [0.1, 0.15) is 0 Å². The van der Waals surface area contributed by atoms with Crippen LogP contribution in [0, 0.1) is 0 Å². The van der Waals surface area contributed by atoms with Crippen molar-refractivity contribution in [2.45, 2.75) is 0 Å². The van der Waals surface area contributed by atoms with Crippen LogP contribution in [0.2, 0.25) is 0 Å². The minimum Gasteiger partial charge on any atom is -0.456 e. The normalized spacial score (nSPS) is 11.6. The molecule has 0 saturated carbocycles. The summed E-state index contributed by atoms with van der Waals surface area (Å²) in [5, 5.41) is 4.39. The molecule has 0 bridgehead atoms. The van der Waals surface area contributed by atoms with Crippen molar-refractivity contribution in [2.24, 2.45) is 0 Å². The number of para-hydroxylation sites is 2. The molecule has 0 unspecified atom stereocenters. The quantitative estimate of drug-likeness (QED) is 0.188. The zero-order chi connectivity index (χ0) is 33.0. The highest BCUT2D eigenvalue weighted by molar-refractivity contribution is 6.13. The first kappa shape index (κ1) is 28.2. The van der Waals surface area contributed by atoms with Gasteiger partial charge < -0.3 is 4.42 Å². The van der Waals surface area contributed by atoms with Crippen LogP contribution in [0.5, 0.6) is 0 Å². The minimum atomic E-state index is 0.572. The van der Waals surface area contributed by atoms with Gasteiger partial charge in [-0.3, -0.25) is 4.57 Å². The lowest BCUT2D eigenvalue weighted by Gasteiger charge is -2.11. The first-order chi connectivity index (χ1) is 24.8. The van der Waals surface area contributed by atoms with Crippen LogP contribution in [-0.4, -0.2) is 19.5 Å². The predicted octanol–water partition coefficient (Wildman–Crippen LogP) is 11.5. The van der Waals surface area contributed by atoms with Gasteiger partial charge in [0.05, 0.1) is 11.0 Å². The highest BCUT2D eigenvalue weighted by Crippen LogP contribution is 2.39. The maximum atomic E-state index is 6.41. The highest BCUT2D eigenvalue weighted by Gasteiger charge is 2.19. The largest absolute Gasteiger partial charge is 0.456 e. The van der Waals surface area contributed by atoms with E-state index in [-0.39, 0.29) is 0 Å². The number of hydrogen-bond donors (Lipinski definition) is 0. The predicted molar refractivity (Wildman–Crippen MR) is 203 cm³/mol. The summed E-state index contributed by atoms with van der Waals surface area (Å²) in [6.45, 7) is 0. The third-order valence-electron chi connectivity index (χ3n) is 9.49. The number of fused-ring (bicyclic) bond motifs is 6. The summed E-state index contributed by atoms with van der Waals surface area (Å²) >= 11 is 0. The van der Waals surface area contributed by atoms with Gasteiger partial charge in [-0.05, 0) is 58.7 Å². The molecule has 0 aliphatic rings. The van der Waals surface area contributed by atoms with E-state index in [1.165, 1.54) is 11.1 Å². The maximum absolute atomic E-state index is 6.41. The van der Waals surface area contributed by atoms with Gasteiger partial charge in [0.15, 0.2) is 11.6 Å². The van der Waals surface area contributed by atoms with Gasteiger partial charge in [0.25, 0.3) is 0 Å². The molecule has 3 aromatic heterocycles. The number of rotatable bonds is 5. The summed E-state index contributed by atoms with van der Waals surface area (Å²) in [6.07, 6.45) is 0. The summed E-state index contributed by atoms with van der Waals surface area (Å²) in [5.74, 6) is 1.78. The van der Waals surface area contributed by atoms with Crippen molar-refractivity contribution in [1.29, 1.82) is 0 Å². The van der Waals surface area contributed by atoms with Gasteiger partial charge in [-0.2, -0.15) is 9.97 Å². The molecule has 10 rings (SSSR count). The Kier molecular flexibility index (Phi) is 6.42. The fraction of sp³-hybridized carbons (Fsp3) is 0. The average molecular weight is 641 g/mol. The van der Waals surface area contributed by atoms with Crippen LogP contribution in [0.4, 0.5) is 0 Å². The summed E-state index contributed by atoms with van der Waals surface area (Å²) < 4.78 is 8.56. The molecule has 3 heterocycles. The fourth-order valence-electron chi connectivity index (χ4n) is 7.13. The van der Waals surface area contributed by atoms with Gasteiger partial charge in [-0.15, -0.1) is 0 Å². The van der Waals surface area contributed by atoms with E-state index < -0.39 is 0 Å². The molecule has 0 atom stereocenters. The van der Waals surface area contributed by atoms with Crippen LogP contribution < -0.4 is 0 Å². The number of furan rings is 1. The number of aromatic nitrogens is 4. The van der Waals surface area contributed by atoms with Crippen LogP contribution >= 0.6 is 0 Å². The molecule has 0 saturated heterocycles. The van der Waals surface area contributed by atoms with E-state index in [4.69, 9.17) is 19.4 Å². The van der Waals surface area contributed by atoms with E-state index in [1.807, 2.05) is 54.6 Å². The van der Waals surface area contributed by atoms with Crippen molar-refractivity contribution < 1.29 is 4.42 Å². The molecule has 5 nitrogen and oxygen atoms in total. The summed E-state index contributed by atoms with van der Waals surface area (Å²) in [5.41, 5.74) is 10.2. The molecular formula is C45H28N4O. The van der Waals surface area contributed by atoms with Crippen molar-refractivity contribution in [3.05, 3.63) is 170 Å². The van der Waals surface area contributed by atoms with E-state index in [1.54, 1.807) is 0 Å². The van der Waals surface area contributed by atoms with Crippen LogP contribution in [-0.2, 0) is 0 Å². The van der Waals surface area contributed by atoms with Crippen LogP contribution in [0.3, 0.4) is 0 Å². The smallest absolute Gasteiger partial charge is 0.238 e. The van der Waals surface area contributed by atoms with E-state index in [9.17, 15) is 0 Å². The molecule has 0 radical (unpaired) electrons. The summed E-state index contributed by atoms with van der Waals surface area (Å²) in [7, 11) is 0. The van der Waals surface area contributed by atoms with Crippen molar-refractivity contribution in [2.75, 3.05) is 0 Å². The molecule has 0 amide bonds. The van der Waals surface area contributed by atoms with E-state index >= 15 is 0 Å². The van der Waals surface area contributed by atoms with Crippen molar-refractivity contribution in [1.82, 2.24) is 19.5 Å². The van der Waals surface area contributed by atoms with Crippen molar-refractivity contribution in [3.8, 4) is 51.0 Å². The summed E-state index contributed by atoms with van der Waals surface area (Å²) in [6, 6.07) is 58.6. The summed E-state index contributed by atoms with van der Waals surface area (Å²) in [4.78, 5) is 15.3. The molecule has 10 aromatic rings. The Balaban J connectivity index is 1.17. The van der Waals surface area contributed by atoms with Crippen LogP contribution in [0.15, 0.2) is 174 Å². The third kappa shape index (κ3) is 4.60. The second-order valence-electron chi connectivity index (χ2n) is 12.5. The van der Waals surface area contributed by atoms with Gasteiger partial charge in [0, 0.05) is 32.7 Å². The molecule has 50 heavy (non-hydrogen) atoms. The zero-order valence-corrected chi connectivity index (χ0v) is 26.9. The van der Waals surface area contributed by atoms with Gasteiger partial charge in [0.2, 0.25) is 5.95 Å². The van der Waals surface area contributed by atoms with E-state index in [2.05, 4.69) is 120 Å². The number of nitrogens with zero attached hydrogens (tertiary/aromatic N) is 4. The number of benzene rings is 7. The molecule has 0 spiro atoms. The topological polar surface area (TPSA) is 56.7 Å². The molecule has 0 N–H and O–H groups in total. The Morgan fingerprint density at radius 2 is 0.940 bits per heavy atom. The van der Waals surface area contributed by atoms with E-state index in [0.29, 0.717) is 17.6 Å². The zero-order valence-electron chi connectivity index (χ0n) is 26.9. The standard InChI is InChI=1S/C45H28N4O/c1-3-12-29(13-4-1)30-22-24-31(25-23-30)34-18-11-21-41-42(34)37-28-33(26-27-40(37)50-41)44-46-43(32-14-5-2-6-15-32)47-45(48-44)49-38-19-9-7-16-35(38)36-17-8-10-20-39(36)49/h1-28H. The first-order valence-electron chi connectivity index (χ1n) is 16.7. The average Bonchev–Trinajstić information content (AvgIpc) is 3.74. The molecule has 0 aliphatic carbocycles. The SMILES string of the molecule is c1ccc(-c2ccc(-c3cccc4oc5ccc(-c6nc(-c7ccccc7)nc(-n7c8ccccc8c8ccccc87)n6)cc5c34)cc2)cc1. The van der Waals surface area contributed by atoms with Gasteiger partial charge in [-0.1, -0.05) is 133 Å². The van der Waals surface area contributed by atoms with Gasteiger partial charge in [-0.25, -0.2) is 4.98 Å². The molecule has 0 fully saturated rings. The van der Waals surface area contributed by atoms with Crippen LogP contribution in [0.25, 0.3) is 94.7 Å². The molecule has 7 aromatic carbocycles.